The first-order valence-corrected chi connectivity index (χ1v) is 19.5. The van der Waals surface area contributed by atoms with E-state index >= 15 is 0 Å². The number of aromatic nitrogens is 4. The average Bonchev–Trinajstić information content (AvgIpc) is 3.96. The lowest BCUT2D eigenvalue weighted by atomic mass is 10.0. The van der Waals surface area contributed by atoms with E-state index in [1.54, 1.807) is 37.6 Å². The number of hydrogen-bond acceptors (Lipinski definition) is 13. The third-order valence-electron chi connectivity index (χ3n) is 10.6. The van der Waals surface area contributed by atoms with Crippen LogP contribution in [0.3, 0.4) is 0 Å². The molecule has 4 N–H and O–H groups in total. The van der Waals surface area contributed by atoms with E-state index in [1.165, 1.54) is 6.20 Å². The summed E-state index contributed by atoms with van der Waals surface area (Å²) in [7, 11) is 1.81. The maximum Gasteiger partial charge on any atom is 0.261 e. The van der Waals surface area contributed by atoms with Crippen LogP contribution >= 0.6 is 0 Å². The second-order valence-electron chi connectivity index (χ2n) is 14.8. The Labute approximate surface area is 330 Å². The van der Waals surface area contributed by atoms with Gasteiger partial charge in [-0.25, -0.2) is 9.97 Å². The van der Waals surface area contributed by atoms with Crippen molar-refractivity contribution >= 4 is 46.2 Å². The van der Waals surface area contributed by atoms with Gasteiger partial charge in [0.15, 0.2) is 5.82 Å². The molecule has 2 saturated heterocycles. The summed E-state index contributed by atoms with van der Waals surface area (Å²) >= 11 is 0. The molecule has 1 saturated carbocycles. The molecule has 3 amide bonds. The summed E-state index contributed by atoms with van der Waals surface area (Å²) in [5.74, 6) is 0.935. The molecule has 0 radical (unpaired) electrons. The first-order valence-electron chi connectivity index (χ1n) is 19.5. The molecule has 4 heterocycles. The van der Waals surface area contributed by atoms with E-state index in [9.17, 15) is 19.2 Å². The first kappa shape index (κ1) is 39.5. The van der Waals surface area contributed by atoms with E-state index in [-0.39, 0.29) is 35.7 Å². The minimum atomic E-state index is -0.441. The van der Waals surface area contributed by atoms with Crippen molar-refractivity contribution in [1.29, 1.82) is 0 Å². The summed E-state index contributed by atoms with van der Waals surface area (Å²) < 4.78 is 20.1. The van der Waals surface area contributed by atoms with E-state index in [0.29, 0.717) is 68.1 Å². The van der Waals surface area contributed by atoms with Crippen LogP contribution in [0.1, 0.15) is 66.3 Å². The van der Waals surface area contributed by atoms with E-state index < -0.39 is 11.9 Å². The number of nitrogens with two attached hydrogens (primary N) is 1. The van der Waals surface area contributed by atoms with Crippen LogP contribution in [-0.2, 0) is 25.7 Å². The van der Waals surface area contributed by atoms with Crippen LogP contribution < -0.4 is 25.8 Å². The Morgan fingerprint density at radius 1 is 1.04 bits per heavy atom. The van der Waals surface area contributed by atoms with E-state index in [1.807, 2.05) is 34.0 Å². The van der Waals surface area contributed by atoms with Gasteiger partial charge in [-0.15, -0.1) is 0 Å². The van der Waals surface area contributed by atoms with Crippen LogP contribution in [0, 0.1) is 5.92 Å². The maximum absolute atomic E-state index is 13.3. The van der Waals surface area contributed by atoms with E-state index in [2.05, 4.69) is 25.5 Å². The zero-order valence-electron chi connectivity index (χ0n) is 32.1. The highest BCUT2D eigenvalue weighted by Gasteiger charge is 2.30. The molecule has 4 aromatic rings. The number of nitrogens with zero attached hydrogens (tertiary/aromatic N) is 6. The highest BCUT2D eigenvalue weighted by atomic mass is 16.5. The Morgan fingerprint density at radius 3 is 2.58 bits per heavy atom. The number of piperidine rings is 2. The Balaban J connectivity index is 0.868. The van der Waals surface area contributed by atoms with Gasteiger partial charge in [0.25, 0.3) is 5.91 Å². The van der Waals surface area contributed by atoms with Gasteiger partial charge in [-0.3, -0.25) is 34.1 Å². The van der Waals surface area contributed by atoms with Gasteiger partial charge in [0.2, 0.25) is 11.8 Å². The molecular weight excluding hydrogens is 731 g/mol. The zero-order chi connectivity index (χ0) is 39.7. The highest BCUT2D eigenvalue weighted by molar-refractivity contribution is 6.24. The lowest BCUT2D eigenvalue weighted by Gasteiger charge is -2.31. The highest BCUT2D eigenvalue weighted by Crippen LogP contribution is 2.35. The maximum atomic E-state index is 13.3. The molecule has 1 atom stereocenters. The Bertz CT molecular complexity index is 2090. The summed E-state index contributed by atoms with van der Waals surface area (Å²) in [5, 5.41) is 11.2. The molecule has 2 aliphatic heterocycles. The number of rotatable bonds is 18. The number of hydrogen-bond donors (Lipinski definition) is 3. The molecule has 1 unspecified atom stereocenters. The number of carbonyl (C=O) groups is 4. The number of amides is 3. The molecule has 1 aliphatic carbocycles. The predicted octanol–water partition coefficient (Wildman–Crippen LogP) is 3.34. The molecule has 0 bridgehead atoms. The van der Waals surface area contributed by atoms with E-state index in [0.717, 1.165) is 68.1 Å². The molecule has 3 fully saturated rings. The molecule has 16 nitrogen and oxygen atoms in total. The molecule has 3 aliphatic rings. The second-order valence-corrected chi connectivity index (χ2v) is 14.8. The number of carbonyl (C=O) groups excluding carboxylic acids is 4. The van der Waals surface area contributed by atoms with Crippen molar-refractivity contribution in [3.05, 3.63) is 78.1 Å². The molecular formula is C41H49N9O7. The Morgan fingerprint density at radius 2 is 1.84 bits per heavy atom. The van der Waals surface area contributed by atoms with Crippen molar-refractivity contribution in [2.75, 3.05) is 58.4 Å². The number of imide groups is 1. The number of nitrogens with one attached hydrogen (secondary N) is 2. The van der Waals surface area contributed by atoms with Crippen molar-refractivity contribution in [1.82, 2.24) is 34.9 Å². The second kappa shape index (κ2) is 18.5. The topological polar surface area (TPSA) is 196 Å². The fourth-order valence-electron chi connectivity index (χ4n) is 7.17. The lowest BCUT2D eigenvalue weighted by Crippen LogP contribution is -2.51. The van der Waals surface area contributed by atoms with Gasteiger partial charge < -0.3 is 30.2 Å². The van der Waals surface area contributed by atoms with Crippen LogP contribution in [0.5, 0.6) is 11.5 Å². The van der Waals surface area contributed by atoms with Crippen molar-refractivity contribution < 1.29 is 33.4 Å². The molecule has 7 rings (SSSR count). The van der Waals surface area contributed by atoms with Crippen LogP contribution in [0.4, 0.5) is 5.69 Å². The number of ether oxygens (including phenoxy) is 3. The minimum Gasteiger partial charge on any atom is -0.491 e. The standard InChI is InChI=1S/C41H49N9O7/c1-48(36-7-8-38(52)46-41(36)54)23-29-19-32(6-5-28(29)25-51)56-18-17-55-16-15-49-13-9-31(10-14-49)50-24-30-20-35(37(21-34(30)47-50)57-26-27-3-4-27)45-40(53)33(22-42)39-43-11-2-12-44-39/h2,5-6,11-12,19-22,24-25,27,31,36H,3-4,7-10,13-18,23,26,42H2,1H3,(H,45,53)(H,46,52,54)/b33-22+. The number of likely N-dealkylation sites (tertiary alicyclic amines) is 1. The van der Waals surface area contributed by atoms with Crippen molar-refractivity contribution in [2.24, 2.45) is 11.7 Å². The zero-order valence-corrected chi connectivity index (χ0v) is 32.1. The molecule has 300 valence electrons. The Kier molecular flexibility index (Phi) is 12.8. The van der Waals surface area contributed by atoms with Gasteiger partial charge in [-0.1, -0.05) is 0 Å². The Hall–Kier alpha value is -5.71. The number of benzene rings is 2. The number of anilines is 1. The molecule has 2 aromatic carbocycles. The van der Waals surface area contributed by atoms with Crippen molar-refractivity contribution in [2.45, 2.75) is 57.2 Å². The predicted molar refractivity (Wildman–Crippen MR) is 211 cm³/mol. The number of aldehydes is 1. The normalized spacial score (nSPS) is 18.1. The summed E-state index contributed by atoms with van der Waals surface area (Å²) in [6, 6.07) is 10.5. The van der Waals surface area contributed by atoms with Crippen LogP contribution in [0.2, 0.25) is 0 Å². The number of likely N-dealkylation sites (N-methyl/N-ethyl adjacent to an activating group) is 1. The average molecular weight is 780 g/mol. The van der Waals surface area contributed by atoms with Gasteiger partial charge in [0, 0.05) is 74.4 Å². The van der Waals surface area contributed by atoms with Gasteiger partial charge in [0.05, 0.1) is 48.7 Å². The van der Waals surface area contributed by atoms with Gasteiger partial charge in [0.1, 0.15) is 24.4 Å². The molecule has 16 heteroatoms. The van der Waals surface area contributed by atoms with Crippen LogP contribution in [-0.4, -0.2) is 113 Å². The summed E-state index contributed by atoms with van der Waals surface area (Å²) in [5.41, 5.74) is 8.58. The summed E-state index contributed by atoms with van der Waals surface area (Å²) in [6.07, 6.45) is 12.0. The van der Waals surface area contributed by atoms with Gasteiger partial charge >= 0.3 is 0 Å². The van der Waals surface area contributed by atoms with Crippen LogP contribution in [0.25, 0.3) is 16.5 Å². The van der Waals surface area contributed by atoms with Crippen molar-refractivity contribution in [3.63, 3.8) is 0 Å². The quantitative estimate of drug-likeness (QED) is 0.0577. The summed E-state index contributed by atoms with van der Waals surface area (Å²) in [6.45, 7) is 4.89. The van der Waals surface area contributed by atoms with Gasteiger partial charge in [-0.05, 0) is 81.0 Å². The first-order chi connectivity index (χ1) is 27.8. The molecule has 0 spiro atoms. The fraction of sp³-hybridized carbons (Fsp3) is 0.439. The summed E-state index contributed by atoms with van der Waals surface area (Å²) in [4.78, 5) is 61.5. The van der Waals surface area contributed by atoms with Crippen molar-refractivity contribution in [3.8, 4) is 11.5 Å². The fourth-order valence-corrected chi connectivity index (χ4v) is 7.17. The monoisotopic (exact) mass is 779 g/mol. The minimum absolute atomic E-state index is 0.163. The number of fused-ring (bicyclic) bond motifs is 1. The van der Waals surface area contributed by atoms with Gasteiger partial charge in [-0.2, -0.15) is 5.10 Å². The third-order valence-corrected chi connectivity index (χ3v) is 10.6. The van der Waals surface area contributed by atoms with Crippen LogP contribution in [0.15, 0.2) is 61.2 Å². The third kappa shape index (κ3) is 10.2. The lowest BCUT2D eigenvalue weighted by molar-refractivity contribution is -0.137. The molecule has 2 aromatic heterocycles. The largest absolute Gasteiger partial charge is 0.491 e. The SMILES string of the molecule is CN(Cc1cc(OCCOCCN2CCC(n3cc4cc(NC(=O)/C(=C/N)c5ncccn5)c(OCC5CC5)cc4n3)CC2)ccc1C=O)C1CCC(=O)NC1=O. The molecule has 57 heavy (non-hydrogen) atoms. The van der Waals surface area contributed by atoms with E-state index in [4.69, 9.17) is 25.0 Å². The smallest absolute Gasteiger partial charge is 0.261 e.